The van der Waals surface area contributed by atoms with Crippen molar-refractivity contribution in [2.45, 2.75) is 86.2 Å². The third-order valence-electron chi connectivity index (χ3n) is 5.90. The number of hydrogen-bond acceptors (Lipinski definition) is 4. The van der Waals surface area contributed by atoms with Gasteiger partial charge in [0.1, 0.15) is 0 Å². The Morgan fingerprint density at radius 2 is 1.15 bits per heavy atom. The second-order valence-corrected chi connectivity index (χ2v) is 17.0. The van der Waals surface area contributed by atoms with Gasteiger partial charge >= 0.3 is 0 Å². The summed E-state index contributed by atoms with van der Waals surface area (Å²) in [7, 11) is 0.165. The summed E-state index contributed by atoms with van der Waals surface area (Å²) in [6.45, 7) is 32.4. The van der Waals surface area contributed by atoms with Gasteiger partial charge in [-0.15, -0.1) is 0 Å². The molecule has 0 fully saturated rings. The molecule has 0 aromatic heterocycles. The summed E-state index contributed by atoms with van der Waals surface area (Å²) in [5.41, 5.74) is 0.801. The highest BCUT2D eigenvalue weighted by molar-refractivity contribution is 6.56. The van der Waals surface area contributed by atoms with Gasteiger partial charge in [0, 0.05) is 0 Å². The highest BCUT2D eigenvalue weighted by atomic mass is 28.3. The molecule has 0 heterocycles. The SMILES string of the molecule is CCN(CC)[SiH](C(C)C)N(CC)CCCN(CC)[SiH](N(C)CC)C(C)(C)C. The molecule has 0 aliphatic rings. The van der Waals surface area contributed by atoms with Gasteiger partial charge in [-0.2, -0.15) is 0 Å². The topological polar surface area (TPSA) is 13.0 Å². The Hall–Kier alpha value is 0.274. The van der Waals surface area contributed by atoms with Crippen molar-refractivity contribution in [2.24, 2.45) is 0 Å². The minimum atomic E-state index is -1.13. The molecule has 164 valence electrons. The molecule has 0 spiro atoms. The number of rotatable bonds is 14. The Labute approximate surface area is 175 Å². The van der Waals surface area contributed by atoms with E-state index < -0.39 is 18.2 Å². The predicted molar refractivity (Wildman–Crippen MR) is 129 cm³/mol. The van der Waals surface area contributed by atoms with Crippen LogP contribution in [0.2, 0.25) is 10.6 Å². The van der Waals surface area contributed by atoms with E-state index in [-0.39, 0.29) is 0 Å². The molecule has 0 aromatic rings. The summed E-state index contributed by atoms with van der Waals surface area (Å²) in [6, 6.07) is 0. The smallest absolute Gasteiger partial charge is 0.195 e. The maximum Gasteiger partial charge on any atom is 0.195 e. The molecule has 0 N–H and O–H groups in total. The first-order valence-corrected chi connectivity index (χ1v) is 14.8. The summed E-state index contributed by atoms with van der Waals surface area (Å²) in [5, 5.41) is 0.404. The minimum Gasteiger partial charge on any atom is -0.317 e. The minimum absolute atomic E-state index is 0.404. The number of hydrogen-bond donors (Lipinski definition) is 0. The Balaban J connectivity index is 5.08. The molecule has 4 nitrogen and oxygen atoms in total. The average molecular weight is 417 g/mol. The molecule has 0 aliphatic heterocycles. The molecular formula is C21H52N4Si2. The van der Waals surface area contributed by atoms with E-state index in [0.717, 1.165) is 12.1 Å². The standard InChI is InChI=1S/C21H52N4Si2/c1-12-22(11)27(21(8,9)10)25(16-5)19-17-18-24(15-4)26(20(6)7)23(13-2)14-3/h20,26-27H,12-19H2,1-11H3. The van der Waals surface area contributed by atoms with E-state index in [9.17, 15) is 0 Å². The molecule has 0 aromatic carbocycles. The van der Waals surface area contributed by atoms with Crippen molar-refractivity contribution < 1.29 is 0 Å². The van der Waals surface area contributed by atoms with Gasteiger partial charge in [-0.1, -0.05) is 69.2 Å². The van der Waals surface area contributed by atoms with Gasteiger partial charge in [-0.25, -0.2) is 0 Å². The van der Waals surface area contributed by atoms with Crippen LogP contribution in [0.1, 0.15) is 75.7 Å². The molecule has 0 saturated heterocycles. The van der Waals surface area contributed by atoms with Crippen LogP contribution < -0.4 is 0 Å². The second-order valence-electron chi connectivity index (χ2n) is 9.30. The third-order valence-corrected chi connectivity index (χ3v) is 14.0. The first-order valence-electron chi connectivity index (χ1n) is 11.5. The van der Waals surface area contributed by atoms with Crippen LogP contribution in [0.4, 0.5) is 0 Å². The van der Waals surface area contributed by atoms with Gasteiger partial charge in [-0.3, -0.25) is 0 Å². The fourth-order valence-corrected chi connectivity index (χ4v) is 12.6. The molecule has 0 rings (SSSR count). The summed E-state index contributed by atoms with van der Waals surface area (Å²) >= 11 is 0. The molecule has 0 radical (unpaired) electrons. The highest BCUT2D eigenvalue weighted by Gasteiger charge is 2.35. The lowest BCUT2D eigenvalue weighted by Gasteiger charge is -2.44. The zero-order valence-electron chi connectivity index (χ0n) is 20.7. The van der Waals surface area contributed by atoms with E-state index in [2.05, 4.69) is 94.5 Å². The van der Waals surface area contributed by atoms with Crippen molar-refractivity contribution in [1.29, 1.82) is 0 Å². The van der Waals surface area contributed by atoms with E-state index in [4.69, 9.17) is 0 Å². The van der Waals surface area contributed by atoms with Crippen molar-refractivity contribution in [1.82, 2.24) is 18.3 Å². The van der Waals surface area contributed by atoms with Crippen molar-refractivity contribution in [3.8, 4) is 0 Å². The molecular weight excluding hydrogens is 364 g/mol. The van der Waals surface area contributed by atoms with Gasteiger partial charge < -0.3 is 18.3 Å². The predicted octanol–water partition coefficient (Wildman–Crippen LogP) is 3.96. The molecule has 0 amide bonds. The first kappa shape index (κ1) is 27.3. The molecule has 27 heavy (non-hydrogen) atoms. The first-order chi connectivity index (χ1) is 12.6. The van der Waals surface area contributed by atoms with E-state index >= 15 is 0 Å². The van der Waals surface area contributed by atoms with E-state index in [1.54, 1.807) is 0 Å². The Kier molecular flexibility index (Phi) is 13.6. The van der Waals surface area contributed by atoms with Crippen molar-refractivity contribution in [3.05, 3.63) is 0 Å². The monoisotopic (exact) mass is 416 g/mol. The Bertz CT molecular complexity index is 370. The van der Waals surface area contributed by atoms with Gasteiger partial charge in [0.15, 0.2) is 18.2 Å². The van der Waals surface area contributed by atoms with Crippen molar-refractivity contribution >= 4 is 18.2 Å². The van der Waals surface area contributed by atoms with Crippen LogP contribution in [0.5, 0.6) is 0 Å². The fourth-order valence-electron chi connectivity index (χ4n) is 4.74. The van der Waals surface area contributed by atoms with Crippen molar-refractivity contribution in [3.63, 3.8) is 0 Å². The third kappa shape index (κ3) is 8.66. The summed E-state index contributed by atoms with van der Waals surface area (Å²) in [4.78, 5) is 0. The normalized spacial score (nSPS) is 15.6. The fraction of sp³-hybridized carbons (Fsp3) is 1.00. The van der Waals surface area contributed by atoms with Crippen LogP contribution in [0.25, 0.3) is 0 Å². The van der Waals surface area contributed by atoms with Crippen LogP contribution >= 0.6 is 0 Å². The molecule has 6 heteroatoms. The van der Waals surface area contributed by atoms with Crippen LogP contribution in [-0.2, 0) is 0 Å². The van der Waals surface area contributed by atoms with Gasteiger partial charge in [0.2, 0.25) is 0 Å². The zero-order chi connectivity index (χ0) is 21.2. The van der Waals surface area contributed by atoms with E-state index in [1.807, 2.05) is 0 Å². The Morgan fingerprint density at radius 1 is 0.704 bits per heavy atom. The summed E-state index contributed by atoms with van der Waals surface area (Å²) < 4.78 is 11.1. The lowest BCUT2D eigenvalue weighted by molar-refractivity contribution is 0.319. The highest BCUT2D eigenvalue weighted by Crippen LogP contribution is 2.30. The molecule has 0 saturated carbocycles. The lowest BCUT2D eigenvalue weighted by atomic mass is 10.3. The maximum absolute atomic E-state index is 2.85. The molecule has 2 unspecified atom stereocenters. The van der Waals surface area contributed by atoms with Crippen LogP contribution in [0.3, 0.4) is 0 Å². The summed E-state index contributed by atoms with van der Waals surface area (Å²) in [5.74, 6) is 0. The second kappa shape index (κ2) is 13.5. The molecule has 0 aliphatic carbocycles. The average Bonchev–Trinajstić information content (AvgIpc) is 2.60. The molecule has 2 atom stereocenters. The summed E-state index contributed by atoms with van der Waals surface area (Å²) in [6.07, 6.45) is 1.30. The van der Waals surface area contributed by atoms with Gasteiger partial charge in [-0.05, 0) is 69.9 Å². The van der Waals surface area contributed by atoms with Gasteiger partial charge in [0.05, 0.1) is 0 Å². The van der Waals surface area contributed by atoms with Crippen molar-refractivity contribution in [2.75, 3.05) is 52.9 Å². The van der Waals surface area contributed by atoms with Gasteiger partial charge in [0.25, 0.3) is 0 Å². The Morgan fingerprint density at radius 3 is 1.48 bits per heavy atom. The largest absolute Gasteiger partial charge is 0.317 e. The van der Waals surface area contributed by atoms with Crippen LogP contribution in [0, 0.1) is 0 Å². The maximum atomic E-state index is 2.85. The quantitative estimate of drug-likeness (QED) is 0.397. The van der Waals surface area contributed by atoms with Crippen LogP contribution in [-0.4, -0.2) is 89.4 Å². The van der Waals surface area contributed by atoms with Crippen LogP contribution in [0.15, 0.2) is 0 Å². The van der Waals surface area contributed by atoms with E-state index in [0.29, 0.717) is 5.04 Å². The number of nitrogens with zero attached hydrogens (tertiary/aromatic N) is 4. The lowest BCUT2D eigenvalue weighted by Crippen LogP contribution is -2.57. The molecule has 0 bridgehead atoms. The van der Waals surface area contributed by atoms with E-state index in [1.165, 1.54) is 45.7 Å². The zero-order valence-corrected chi connectivity index (χ0v) is 23.0.